The minimum Gasteiger partial charge on any atom is -0.494 e. The van der Waals surface area contributed by atoms with Crippen molar-refractivity contribution in [2.24, 2.45) is 0 Å². The molecular weight excluding hydrogens is 325 g/mol. The van der Waals surface area contributed by atoms with Crippen LogP contribution in [-0.4, -0.2) is 6.61 Å². The van der Waals surface area contributed by atoms with Gasteiger partial charge in [-0.1, -0.05) is 43.7 Å². The lowest BCUT2D eigenvalue weighted by Crippen LogP contribution is -1.97. The average molecular weight is 345 g/mol. The third kappa shape index (κ3) is 4.10. The number of halogens is 1. The second-order valence-electron chi connectivity index (χ2n) is 6.11. The minimum absolute atomic E-state index is 0.267. The Morgan fingerprint density at radius 2 is 1.73 bits per heavy atom. The lowest BCUT2D eigenvalue weighted by molar-refractivity contribution is 0.309. The molecule has 0 bridgehead atoms. The van der Waals surface area contributed by atoms with Crippen molar-refractivity contribution >= 4 is 0 Å². The Labute approximate surface area is 153 Å². The third-order valence-corrected chi connectivity index (χ3v) is 4.22. The summed E-state index contributed by atoms with van der Waals surface area (Å²) < 4.78 is 19.6. The highest BCUT2D eigenvalue weighted by atomic mass is 19.1. The van der Waals surface area contributed by atoms with Crippen molar-refractivity contribution in [3.8, 4) is 34.1 Å². The lowest BCUT2D eigenvalue weighted by atomic mass is 9.94. The van der Waals surface area contributed by atoms with E-state index in [1.807, 2.05) is 36.4 Å². The summed E-state index contributed by atoms with van der Waals surface area (Å²) in [7, 11) is 0. The van der Waals surface area contributed by atoms with Crippen molar-refractivity contribution in [2.75, 3.05) is 6.61 Å². The first-order chi connectivity index (χ1) is 12.7. The summed E-state index contributed by atoms with van der Waals surface area (Å²) in [5, 5.41) is 9.02. The van der Waals surface area contributed by atoms with Crippen LogP contribution in [0, 0.1) is 17.1 Å². The second-order valence-corrected chi connectivity index (χ2v) is 6.11. The second kappa shape index (κ2) is 8.31. The molecule has 0 aliphatic heterocycles. The molecule has 3 rings (SSSR count). The highest BCUT2D eigenvalue weighted by Crippen LogP contribution is 2.35. The summed E-state index contributed by atoms with van der Waals surface area (Å²) in [6, 6.07) is 22.0. The Hall–Kier alpha value is -3.12. The molecule has 0 spiro atoms. The molecule has 0 saturated heterocycles. The van der Waals surface area contributed by atoms with E-state index in [-0.39, 0.29) is 5.82 Å². The van der Waals surface area contributed by atoms with Crippen molar-refractivity contribution in [1.29, 1.82) is 5.26 Å². The molecule has 0 fully saturated rings. The summed E-state index contributed by atoms with van der Waals surface area (Å²) in [5.74, 6) is 0.523. The van der Waals surface area contributed by atoms with Gasteiger partial charge in [-0.25, -0.2) is 4.39 Å². The Bertz CT molecular complexity index is 926. The molecule has 0 aliphatic rings. The van der Waals surface area contributed by atoms with Crippen LogP contribution in [0.5, 0.6) is 5.75 Å². The zero-order valence-corrected chi connectivity index (χ0v) is 14.7. The van der Waals surface area contributed by atoms with Crippen LogP contribution in [0.2, 0.25) is 0 Å². The first-order valence-electron chi connectivity index (χ1n) is 8.74. The number of hydrogen-bond donors (Lipinski definition) is 0. The normalized spacial score (nSPS) is 10.3. The van der Waals surface area contributed by atoms with Crippen LogP contribution < -0.4 is 4.74 Å². The predicted octanol–water partition coefficient (Wildman–Crippen LogP) is 6.21. The highest BCUT2D eigenvalue weighted by Gasteiger charge is 2.10. The maximum absolute atomic E-state index is 13.7. The maximum Gasteiger partial charge on any atom is 0.123 e. The van der Waals surface area contributed by atoms with Gasteiger partial charge in [0.2, 0.25) is 0 Å². The molecule has 0 atom stereocenters. The molecule has 0 aliphatic carbocycles. The van der Waals surface area contributed by atoms with Crippen molar-refractivity contribution in [1.82, 2.24) is 0 Å². The zero-order chi connectivity index (χ0) is 18.4. The minimum atomic E-state index is -0.267. The van der Waals surface area contributed by atoms with Gasteiger partial charge in [0.15, 0.2) is 0 Å². The van der Waals surface area contributed by atoms with Gasteiger partial charge in [-0.3, -0.25) is 0 Å². The average Bonchev–Trinajstić information content (AvgIpc) is 2.68. The first kappa shape index (κ1) is 17.7. The van der Waals surface area contributed by atoms with Crippen LogP contribution in [0.4, 0.5) is 4.39 Å². The van der Waals surface area contributed by atoms with E-state index < -0.39 is 0 Å². The summed E-state index contributed by atoms with van der Waals surface area (Å²) in [5.41, 5.74) is 4.26. The Balaban J connectivity index is 2.06. The van der Waals surface area contributed by atoms with E-state index >= 15 is 0 Å². The number of hydrogen-bond acceptors (Lipinski definition) is 2. The van der Waals surface area contributed by atoms with E-state index in [0.717, 1.165) is 40.8 Å². The molecule has 130 valence electrons. The van der Waals surface area contributed by atoms with Gasteiger partial charge in [0.05, 0.1) is 18.2 Å². The number of benzene rings is 3. The van der Waals surface area contributed by atoms with Gasteiger partial charge in [0.1, 0.15) is 11.6 Å². The van der Waals surface area contributed by atoms with Crippen LogP contribution in [0.1, 0.15) is 25.3 Å². The Kier molecular flexibility index (Phi) is 5.66. The summed E-state index contributed by atoms with van der Waals surface area (Å²) in [6.07, 6.45) is 2.07. The number of ether oxygens (including phenoxy) is 1. The van der Waals surface area contributed by atoms with Gasteiger partial charge in [-0.2, -0.15) is 5.26 Å². The third-order valence-electron chi connectivity index (χ3n) is 4.22. The van der Waals surface area contributed by atoms with Crippen LogP contribution in [0.25, 0.3) is 22.3 Å². The first-order valence-corrected chi connectivity index (χ1v) is 8.74. The SMILES string of the molecule is CCCCOc1ccc(-c2cccc(F)c2)c(-c2ccc(C#N)cc2)c1. The summed E-state index contributed by atoms with van der Waals surface area (Å²) >= 11 is 0. The Morgan fingerprint density at radius 1 is 0.923 bits per heavy atom. The van der Waals surface area contributed by atoms with Crippen molar-refractivity contribution < 1.29 is 9.13 Å². The summed E-state index contributed by atoms with van der Waals surface area (Å²) in [6.45, 7) is 2.79. The van der Waals surface area contributed by atoms with Gasteiger partial charge < -0.3 is 4.74 Å². The van der Waals surface area contributed by atoms with Crippen molar-refractivity contribution in [3.05, 3.63) is 78.1 Å². The number of nitriles is 1. The molecule has 3 heteroatoms. The molecule has 0 aromatic heterocycles. The zero-order valence-electron chi connectivity index (χ0n) is 14.7. The fourth-order valence-electron chi connectivity index (χ4n) is 2.82. The summed E-state index contributed by atoms with van der Waals surface area (Å²) in [4.78, 5) is 0. The molecule has 0 N–H and O–H groups in total. The van der Waals surface area contributed by atoms with Crippen molar-refractivity contribution in [2.45, 2.75) is 19.8 Å². The van der Waals surface area contributed by atoms with E-state index in [2.05, 4.69) is 13.0 Å². The fraction of sp³-hybridized carbons (Fsp3) is 0.174. The van der Waals surface area contributed by atoms with E-state index in [1.54, 1.807) is 18.2 Å². The van der Waals surface area contributed by atoms with Gasteiger partial charge in [-0.15, -0.1) is 0 Å². The number of rotatable bonds is 6. The lowest BCUT2D eigenvalue weighted by Gasteiger charge is -2.14. The van der Waals surface area contributed by atoms with Crippen LogP contribution in [0.15, 0.2) is 66.7 Å². The molecule has 3 aromatic carbocycles. The molecule has 0 unspecified atom stereocenters. The van der Waals surface area contributed by atoms with Gasteiger partial charge in [0.25, 0.3) is 0 Å². The van der Waals surface area contributed by atoms with E-state index in [1.165, 1.54) is 12.1 Å². The van der Waals surface area contributed by atoms with Crippen LogP contribution >= 0.6 is 0 Å². The number of unbranched alkanes of at least 4 members (excludes halogenated alkanes) is 1. The molecule has 0 heterocycles. The van der Waals surface area contributed by atoms with Crippen molar-refractivity contribution in [3.63, 3.8) is 0 Å². The van der Waals surface area contributed by atoms with E-state index in [0.29, 0.717) is 12.2 Å². The van der Waals surface area contributed by atoms with E-state index in [9.17, 15) is 4.39 Å². The van der Waals surface area contributed by atoms with E-state index in [4.69, 9.17) is 10.00 Å². The van der Waals surface area contributed by atoms with Gasteiger partial charge in [0, 0.05) is 0 Å². The molecule has 3 aromatic rings. The predicted molar refractivity (Wildman–Crippen MR) is 102 cm³/mol. The standard InChI is InChI=1S/C23H20FNO/c1-2-3-13-26-21-11-12-22(19-5-4-6-20(24)14-19)23(15-21)18-9-7-17(16-25)8-10-18/h4-12,14-15H,2-3,13H2,1H3. The molecular formula is C23H20FNO. The fourth-order valence-corrected chi connectivity index (χ4v) is 2.82. The topological polar surface area (TPSA) is 33.0 Å². The monoisotopic (exact) mass is 345 g/mol. The maximum atomic E-state index is 13.7. The van der Waals surface area contributed by atoms with Gasteiger partial charge in [-0.05, 0) is 65.1 Å². The largest absolute Gasteiger partial charge is 0.494 e. The van der Waals surface area contributed by atoms with Gasteiger partial charge >= 0.3 is 0 Å². The number of nitrogens with zero attached hydrogens (tertiary/aromatic N) is 1. The molecule has 26 heavy (non-hydrogen) atoms. The molecule has 0 amide bonds. The van der Waals surface area contributed by atoms with Crippen LogP contribution in [0.3, 0.4) is 0 Å². The molecule has 0 radical (unpaired) electrons. The van der Waals surface area contributed by atoms with Crippen LogP contribution in [-0.2, 0) is 0 Å². The Morgan fingerprint density at radius 3 is 2.42 bits per heavy atom. The molecule has 2 nitrogen and oxygen atoms in total. The quantitative estimate of drug-likeness (QED) is 0.498. The highest BCUT2D eigenvalue weighted by molar-refractivity contribution is 5.84. The smallest absolute Gasteiger partial charge is 0.123 e. The molecule has 0 saturated carbocycles.